The molecule has 1 aromatic heterocycles. The molecule has 1 N–H and O–H groups in total. The highest BCUT2D eigenvalue weighted by atomic mass is 15.3. The van der Waals surface area contributed by atoms with Crippen LogP contribution in [-0.4, -0.2) is 23.1 Å². The highest BCUT2D eigenvalue weighted by Gasteiger charge is 2.18. The summed E-state index contributed by atoms with van der Waals surface area (Å²) in [5.74, 6) is 2.59. The Bertz CT molecular complexity index is 604. The molecule has 1 saturated heterocycles. The van der Waals surface area contributed by atoms with Crippen LogP contribution in [0.15, 0.2) is 36.4 Å². The Labute approximate surface area is 132 Å². The fourth-order valence-electron chi connectivity index (χ4n) is 2.78. The van der Waals surface area contributed by atoms with E-state index >= 15 is 0 Å². The minimum Gasteiger partial charge on any atom is -0.366 e. The number of benzene rings is 1. The zero-order valence-electron chi connectivity index (χ0n) is 13.4. The molecule has 22 heavy (non-hydrogen) atoms. The third-order valence-electron chi connectivity index (χ3n) is 4.23. The summed E-state index contributed by atoms with van der Waals surface area (Å²) in [5, 5.41) is 3.41. The first-order chi connectivity index (χ1) is 10.7. The highest BCUT2D eigenvalue weighted by molar-refractivity contribution is 5.44. The number of nitrogens with zero attached hydrogens (tertiary/aromatic N) is 3. The zero-order chi connectivity index (χ0) is 15.4. The third-order valence-corrected chi connectivity index (χ3v) is 4.23. The summed E-state index contributed by atoms with van der Waals surface area (Å²) in [6.45, 7) is 7.26. The number of nitrogens with one attached hydrogen (secondary N) is 1. The second kappa shape index (κ2) is 6.77. The van der Waals surface area contributed by atoms with Crippen molar-refractivity contribution in [2.75, 3.05) is 23.3 Å². The van der Waals surface area contributed by atoms with Crippen LogP contribution in [-0.2, 0) is 6.54 Å². The van der Waals surface area contributed by atoms with Gasteiger partial charge in [0.15, 0.2) is 0 Å². The van der Waals surface area contributed by atoms with Gasteiger partial charge in [-0.3, -0.25) is 0 Å². The molecule has 0 bridgehead atoms. The molecule has 0 amide bonds. The zero-order valence-corrected chi connectivity index (χ0v) is 13.4. The van der Waals surface area contributed by atoms with E-state index in [0.717, 1.165) is 43.0 Å². The summed E-state index contributed by atoms with van der Waals surface area (Å²) in [6.07, 6.45) is 2.45. The lowest BCUT2D eigenvalue weighted by Gasteiger charge is -2.30. The van der Waals surface area contributed by atoms with Crippen molar-refractivity contribution in [3.05, 3.63) is 47.7 Å². The number of hydrogen-bond acceptors (Lipinski definition) is 4. The Kier molecular flexibility index (Phi) is 4.56. The van der Waals surface area contributed by atoms with E-state index in [1.165, 1.54) is 18.4 Å². The van der Waals surface area contributed by atoms with Gasteiger partial charge in [0, 0.05) is 31.4 Å². The van der Waals surface area contributed by atoms with E-state index in [2.05, 4.69) is 46.4 Å². The van der Waals surface area contributed by atoms with E-state index in [9.17, 15) is 0 Å². The van der Waals surface area contributed by atoms with Gasteiger partial charge in [-0.15, -0.1) is 0 Å². The van der Waals surface area contributed by atoms with Crippen molar-refractivity contribution in [2.24, 2.45) is 5.92 Å². The SMILES string of the molecule is Cc1cc(NCc2ccccc2)nc(N2CCC(C)CC2)n1. The maximum atomic E-state index is 4.70. The van der Waals surface area contributed by atoms with Crippen LogP contribution in [0.1, 0.15) is 31.0 Å². The standard InChI is InChI=1S/C18H24N4/c1-14-8-10-22(11-9-14)18-20-15(2)12-17(21-18)19-13-16-6-4-3-5-7-16/h3-7,12,14H,8-11,13H2,1-2H3,(H,19,20,21). The van der Waals surface area contributed by atoms with Crippen LogP contribution >= 0.6 is 0 Å². The fraction of sp³-hybridized carbons (Fsp3) is 0.444. The first kappa shape index (κ1) is 14.8. The van der Waals surface area contributed by atoms with Crippen molar-refractivity contribution < 1.29 is 0 Å². The van der Waals surface area contributed by atoms with Gasteiger partial charge in [0.05, 0.1) is 0 Å². The van der Waals surface area contributed by atoms with Crippen LogP contribution in [0.5, 0.6) is 0 Å². The molecular formula is C18H24N4. The Morgan fingerprint density at radius 3 is 2.59 bits per heavy atom. The molecule has 2 heterocycles. The normalized spacial score (nSPS) is 15.8. The number of aromatic nitrogens is 2. The summed E-state index contributed by atoms with van der Waals surface area (Å²) in [6, 6.07) is 12.4. The van der Waals surface area contributed by atoms with Gasteiger partial charge in [0.25, 0.3) is 0 Å². The Balaban J connectivity index is 1.70. The topological polar surface area (TPSA) is 41.1 Å². The summed E-state index contributed by atoms with van der Waals surface area (Å²) >= 11 is 0. The largest absolute Gasteiger partial charge is 0.366 e. The lowest BCUT2D eigenvalue weighted by Crippen LogP contribution is -2.34. The van der Waals surface area contributed by atoms with E-state index in [-0.39, 0.29) is 0 Å². The smallest absolute Gasteiger partial charge is 0.227 e. The van der Waals surface area contributed by atoms with Crippen LogP contribution in [0.3, 0.4) is 0 Å². The maximum Gasteiger partial charge on any atom is 0.227 e. The predicted octanol–water partition coefficient (Wildman–Crippen LogP) is 3.63. The van der Waals surface area contributed by atoms with Crippen molar-refractivity contribution in [3.63, 3.8) is 0 Å². The first-order valence-corrected chi connectivity index (χ1v) is 8.09. The number of piperidine rings is 1. The molecule has 0 spiro atoms. The lowest BCUT2D eigenvalue weighted by atomic mass is 10.00. The molecule has 1 fully saturated rings. The molecule has 116 valence electrons. The molecule has 1 aromatic carbocycles. The van der Waals surface area contributed by atoms with Gasteiger partial charge in [0.2, 0.25) is 5.95 Å². The van der Waals surface area contributed by atoms with Crippen LogP contribution in [0.4, 0.5) is 11.8 Å². The molecule has 4 heteroatoms. The number of aryl methyl sites for hydroxylation is 1. The fourth-order valence-corrected chi connectivity index (χ4v) is 2.78. The molecular weight excluding hydrogens is 272 g/mol. The minimum atomic E-state index is 0.785. The Morgan fingerprint density at radius 2 is 1.86 bits per heavy atom. The van der Waals surface area contributed by atoms with E-state index < -0.39 is 0 Å². The van der Waals surface area contributed by atoms with Crippen molar-refractivity contribution in [1.29, 1.82) is 0 Å². The summed E-state index contributed by atoms with van der Waals surface area (Å²) in [5.41, 5.74) is 2.27. The summed E-state index contributed by atoms with van der Waals surface area (Å²) in [4.78, 5) is 11.6. The average molecular weight is 296 g/mol. The number of anilines is 2. The molecule has 0 radical (unpaired) electrons. The quantitative estimate of drug-likeness (QED) is 0.935. The highest BCUT2D eigenvalue weighted by Crippen LogP contribution is 2.21. The number of hydrogen-bond donors (Lipinski definition) is 1. The second-order valence-electron chi connectivity index (χ2n) is 6.20. The maximum absolute atomic E-state index is 4.70. The van der Waals surface area contributed by atoms with Crippen LogP contribution in [0.25, 0.3) is 0 Å². The van der Waals surface area contributed by atoms with Gasteiger partial charge >= 0.3 is 0 Å². The van der Waals surface area contributed by atoms with Gasteiger partial charge < -0.3 is 10.2 Å². The van der Waals surface area contributed by atoms with E-state index in [0.29, 0.717) is 0 Å². The Hall–Kier alpha value is -2.10. The number of rotatable bonds is 4. The van der Waals surface area contributed by atoms with Crippen LogP contribution < -0.4 is 10.2 Å². The Morgan fingerprint density at radius 1 is 1.14 bits per heavy atom. The molecule has 0 unspecified atom stereocenters. The third kappa shape index (κ3) is 3.75. The summed E-state index contributed by atoms with van der Waals surface area (Å²) in [7, 11) is 0. The molecule has 1 aliphatic heterocycles. The predicted molar refractivity (Wildman–Crippen MR) is 91.1 cm³/mol. The van der Waals surface area contributed by atoms with Crippen molar-refractivity contribution in [3.8, 4) is 0 Å². The van der Waals surface area contributed by atoms with Gasteiger partial charge in [0.1, 0.15) is 5.82 Å². The molecule has 2 aromatic rings. The lowest BCUT2D eigenvalue weighted by molar-refractivity contribution is 0.434. The average Bonchev–Trinajstić information content (AvgIpc) is 2.54. The van der Waals surface area contributed by atoms with E-state index in [1.807, 2.05) is 19.1 Å². The monoisotopic (exact) mass is 296 g/mol. The van der Waals surface area contributed by atoms with Gasteiger partial charge in [-0.05, 0) is 31.2 Å². The second-order valence-corrected chi connectivity index (χ2v) is 6.20. The van der Waals surface area contributed by atoms with Crippen molar-refractivity contribution >= 4 is 11.8 Å². The molecule has 4 nitrogen and oxygen atoms in total. The van der Waals surface area contributed by atoms with Gasteiger partial charge in [-0.2, -0.15) is 4.98 Å². The van der Waals surface area contributed by atoms with E-state index in [1.54, 1.807) is 0 Å². The van der Waals surface area contributed by atoms with Gasteiger partial charge in [-0.25, -0.2) is 4.98 Å². The minimum absolute atomic E-state index is 0.785. The van der Waals surface area contributed by atoms with E-state index in [4.69, 9.17) is 4.98 Å². The van der Waals surface area contributed by atoms with Crippen LogP contribution in [0.2, 0.25) is 0 Å². The summed E-state index contributed by atoms with van der Waals surface area (Å²) < 4.78 is 0. The van der Waals surface area contributed by atoms with Crippen LogP contribution in [0, 0.1) is 12.8 Å². The first-order valence-electron chi connectivity index (χ1n) is 8.09. The molecule has 1 aliphatic rings. The molecule has 0 saturated carbocycles. The molecule has 0 aliphatic carbocycles. The van der Waals surface area contributed by atoms with Gasteiger partial charge in [-0.1, -0.05) is 37.3 Å². The van der Waals surface area contributed by atoms with Crippen molar-refractivity contribution in [1.82, 2.24) is 9.97 Å². The van der Waals surface area contributed by atoms with Crippen molar-refractivity contribution in [2.45, 2.75) is 33.2 Å². The molecule has 3 rings (SSSR count). The molecule has 0 atom stereocenters.